The molecule has 0 saturated heterocycles. The number of carbonyl (C=O) groups excluding carboxylic acids is 2. The highest BCUT2D eigenvalue weighted by Crippen LogP contribution is 2.25. The molecule has 102 valence electrons. The number of anilines is 1. The summed E-state index contributed by atoms with van der Waals surface area (Å²) in [6, 6.07) is 2.39. The van der Waals surface area contributed by atoms with Crippen molar-refractivity contribution in [1.82, 2.24) is 5.06 Å². The summed E-state index contributed by atoms with van der Waals surface area (Å²) < 4.78 is 13.1. The Morgan fingerprint density at radius 2 is 2.32 bits per heavy atom. The Morgan fingerprint density at radius 1 is 1.58 bits per heavy atom. The number of hydrogen-bond donors (Lipinski definition) is 3. The van der Waals surface area contributed by atoms with E-state index in [4.69, 9.17) is 15.8 Å². The molecule has 0 radical (unpaired) electrons. The largest absolute Gasteiger partial charge is 0.396 e. The number of amides is 2. The molecular formula is C11H12FN3O4. The highest BCUT2D eigenvalue weighted by atomic mass is 19.1. The van der Waals surface area contributed by atoms with Gasteiger partial charge in [0.1, 0.15) is 11.9 Å². The summed E-state index contributed by atoms with van der Waals surface area (Å²) in [7, 11) is 0. The standard InChI is InChI=1S/C11H12FN3O4/c12-6-1-2-8-7(5-6)11(18)15(19-14-8)9(3-4-16)10(13)17/h1-2,5,9,14,16H,3-4H2,(H2,13,17). The number of nitrogens with two attached hydrogens (primary N) is 1. The zero-order valence-corrected chi connectivity index (χ0v) is 9.80. The maximum atomic E-state index is 13.1. The van der Waals surface area contributed by atoms with Crippen LogP contribution in [0, 0.1) is 5.82 Å². The Kier molecular flexibility index (Phi) is 3.63. The van der Waals surface area contributed by atoms with Gasteiger partial charge < -0.3 is 10.8 Å². The van der Waals surface area contributed by atoms with Gasteiger partial charge in [0.05, 0.1) is 11.3 Å². The van der Waals surface area contributed by atoms with E-state index in [1.54, 1.807) is 0 Å². The second-order valence-electron chi connectivity index (χ2n) is 3.94. The van der Waals surface area contributed by atoms with Gasteiger partial charge in [0.2, 0.25) is 5.91 Å². The molecule has 0 bridgehead atoms. The van der Waals surface area contributed by atoms with E-state index in [0.29, 0.717) is 5.06 Å². The third-order valence-corrected chi connectivity index (χ3v) is 2.68. The fraction of sp³-hybridized carbons (Fsp3) is 0.273. The first-order valence-corrected chi connectivity index (χ1v) is 5.51. The van der Waals surface area contributed by atoms with Crippen LogP contribution < -0.4 is 11.2 Å². The molecule has 1 atom stereocenters. The molecule has 0 fully saturated rings. The van der Waals surface area contributed by atoms with Crippen molar-refractivity contribution in [2.75, 3.05) is 12.1 Å². The van der Waals surface area contributed by atoms with Gasteiger partial charge in [0.15, 0.2) is 0 Å². The van der Waals surface area contributed by atoms with E-state index in [-0.39, 0.29) is 24.3 Å². The number of rotatable bonds is 4. The summed E-state index contributed by atoms with van der Waals surface area (Å²) in [5, 5.41) is 9.55. The van der Waals surface area contributed by atoms with Gasteiger partial charge in [0.25, 0.3) is 5.91 Å². The van der Waals surface area contributed by atoms with E-state index >= 15 is 0 Å². The van der Waals surface area contributed by atoms with Crippen LogP contribution in [-0.2, 0) is 9.73 Å². The molecule has 0 aromatic heterocycles. The van der Waals surface area contributed by atoms with Crippen molar-refractivity contribution in [3.8, 4) is 0 Å². The van der Waals surface area contributed by atoms with Crippen LogP contribution in [0.25, 0.3) is 0 Å². The van der Waals surface area contributed by atoms with E-state index in [1.807, 2.05) is 0 Å². The van der Waals surface area contributed by atoms with Gasteiger partial charge >= 0.3 is 0 Å². The number of primary amides is 1. The molecule has 4 N–H and O–H groups in total. The molecule has 1 aliphatic heterocycles. The quantitative estimate of drug-likeness (QED) is 0.700. The molecule has 1 aromatic carbocycles. The molecule has 2 rings (SSSR count). The van der Waals surface area contributed by atoms with Gasteiger partial charge in [-0.15, -0.1) is 0 Å². The minimum Gasteiger partial charge on any atom is -0.396 e. The minimum absolute atomic E-state index is 0.0236. The van der Waals surface area contributed by atoms with E-state index < -0.39 is 23.7 Å². The second kappa shape index (κ2) is 5.21. The molecule has 1 aliphatic rings. The van der Waals surface area contributed by atoms with Crippen LogP contribution in [0.1, 0.15) is 16.8 Å². The maximum Gasteiger partial charge on any atom is 0.282 e. The molecule has 19 heavy (non-hydrogen) atoms. The Hall–Kier alpha value is -2.19. The van der Waals surface area contributed by atoms with Gasteiger partial charge in [-0.2, -0.15) is 10.0 Å². The van der Waals surface area contributed by atoms with Crippen molar-refractivity contribution in [2.24, 2.45) is 5.73 Å². The number of aliphatic hydroxyl groups excluding tert-OH is 1. The van der Waals surface area contributed by atoms with Crippen molar-refractivity contribution in [1.29, 1.82) is 0 Å². The maximum absolute atomic E-state index is 13.1. The van der Waals surface area contributed by atoms with Gasteiger partial charge in [0, 0.05) is 13.0 Å². The van der Waals surface area contributed by atoms with Crippen LogP contribution in [0.15, 0.2) is 18.2 Å². The van der Waals surface area contributed by atoms with Crippen molar-refractivity contribution >= 4 is 17.5 Å². The summed E-state index contributed by atoms with van der Waals surface area (Å²) in [5.74, 6) is -2.12. The number of benzene rings is 1. The van der Waals surface area contributed by atoms with E-state index in [2.05, 4.69) is 5.48 Å². The topological polar surface area (TPSA) is 105 Å². The van der Waals surface area contributed by atoms with Crippen LogP contribution in [0.2, 0.25) is 0 Å². The number of hydrogen-bond acceptors (Lipinski definition) is 5. The normalized spacial score (nSPS) is 15.7. The predicted molar refractivity (Wildman–Crippen MR) is 62.0 cm³/mol. The second-order valence-corrected chi connectivity index (χ2v) is 3.94. The first kappa shape index (κ1) is 13.2. The van der Waals surface area contributed by atoms with Gasteiger partial charge in [-0.3, -0.25) is 9.59 Å². The lowest BCUT2D eigenvalue weighted by Gasteiger charge is -2.32. The van der Waals surface area contributed by atoms with E-state index in [0.717, 1.165) is 12.1 Å². The molecule has 7 nitrogen and oxygen atoms in total. The molecule has 1 aromatic rings. The third kappa shape index (κ3) is 2.49. The smallest absolute Gasteiger partial charge is 0.282 e. The Morgan fingerprint density at radius 3 is 2.95 bits per heavy atom. The zero-order valence-electron chi connectivity index (χ0n) is 9.80. The van der Waals surface area contributed by atoms with Gasteiger partial charge in [-0.25, -0.2) is 9.87 Å². The monoisotopic (exact) mass is 269 g/mol. The highest BCUT2D eigenvalue weighted by molar-refractivity contribution is 6.01. The first-order valence-electron chi connectivity index (χ1n) is 5.51. The molecule has 0 spiro atoms. The summed E-state index contributed by atoms with van der Waals surface area (Å²) in [4.78, 5) is 28.3. The lowest BCUT2D eigenvalue weighted by atomic mass is 10.1. The number of halogens is 1. The molecule has 2 amide bonds. The zero-order chi connectivity index (χ0) is 14.0. The summed E-state index contributed by atoms with van der Waals surface area (Å²) in [6.07, 6.45) is -0.0760. The van der Waals surface area contributed by atoms with Gasteiger partial charge in [-0.05, 0) is 18.2 Å². The minimum atomic E-state index is -1.14. The van der Waals surface area contributed by atoms with Crippen LogP contribution >= 0.6 is 0 Å². The number of carbonyl (C=O) groups is 2. The Balaban J connectivity index is 2.31. The van der Waals surface area contributed by atoms with Crippen LogP contribution in [0.4, 0.5) is 10.1 Å². The Labute approximate surface area is 107 Å². The van der Waals surface area contributed by atoms with Crippen LogP contribution in [0.3, 0.4) is 0 Å². The van der Waals surface area contributed by atoms with Crippen molar-refractivity contribution in [3.05, 3.63) is 29.6 Å². The predicted octanol–water partition coefficient (Wildman–Crippen LogP) is -0.224. The summed E-state index contributed by atoms with van der Waals surface area (Å²) >= 11 is 0. The molecule has 0 aliphatic carbocycles. The van der Waals surface area contributed by atoms with E-state index in [9.17, 15) is 14.0 Å². The number of aliphatic hydroxyl groups is 1. The van der Waals surface area contributed by atoms with Crippen molar-refractivity contribution in [2.45, 2.75) is 12.5 Å². The van der Waals surface area contributed by atoms with Crippen LogP contribution in [0.5, 0.6) is 0 Å². The molecule has 1 heterocycles. The lowest BCUT2D eigenvalue weighted by Crippen LogP contribution is -2.51. The number of fused-ring (bicyclic) bond motifs is 1. The average Bonchev–Trinajstić information content (AvgIpc) is 2.37. The summed E-state index contributed by atoms with van der Waals surface area (Å²) in [5.41, 5.74) is 7.86. The number of nitrogens with zero attached hydrogens (tertiary/aromatic N) is 1. The van der Waals surface area contributed by atoms with E-state index in [1.165, 1.54) is 6.07 Å². The summed E-state index contributed by atoms with van der Waals surface area (Å²) in [6.45, 7) is -0.350. The molecule has 0 saturated carbocycles. The third-order valence-electron chi connectivity index (χ3n) is 2.68. The van der Waals surface area contributed by atoms with Crippen molar-refractivity contribution < 1.29 is 24.0 Å². The highest BCUT2D eigenvalue weighted by Gasteiger charge is 2.34. The Bertz CT molecular complexity index is 523. The van der Waals surface area contributed by atoms with Crippen molar-refractivity contribution in [3.63, 3.8) is 0 Å². The fourth-order valence-electron chi connectivity index (χ4n) is 1.74. The molecule has 8 heteroatoms. The van der Waals surface area contributed by atoms with Gasteiger partial charge in [-0.1, -0.05) is 0 Å². The lowest BCUT2D eigenvalue weighted by molar-refractivity contribution is -0.153. The number of hydroxylamine groups is 2. The number of nitrogens with one attached hydrogen (secondary N) is 1. The SMILES string of the molecule is NC(=O)C(CCO)N1ONc2ccc(F)cc2C1=O. The van der Waals surface area contributed by atoms with Crippen LogP contribution in [-0.4, -0.2) is 34.6 Å². The average molecular weight is 269 g/mol. The molecule has 1 unspecified atom stereocenters. The first-order chi connectivity index (χ1) is 9.04. The molecular weight excluding hydrogens is 257 g/mol. The fourth-order valence-corrected chi connectivity index (χ4v) is 1.74.